The molecular formula is C23H20F2N4O4S. The van der Waals surface area contributed by atoms with Crippen molar-refractivity contribution in [1.29, 1.82) is 0 Å². The van der Waals surface area contributed by atoms with Crippen LogP contribution in [-0.4, -0.2) is 21.2 Å². The molecule has 0 bridgehead atoms. The van der Waals surface area contributed by atoms with Crippen LogP contribution in [0.4, 0.5) is 14.5 Å². The topological polar surface area (TPSA) is 140 Å². The van der Waals surface area contributed by atoms with Crippen LogP contribution < -0.4 is 16.9 Å². The lowest BCUT2D eigenvalue weighted by molar-refractivity contribution is -0.114. The first-order chi connectivity index (χ1) is 16.3. The third-order valence-corrected chi connectivity index (χ3v) is 5.80. The van der Waals surface area contributed by atoms with Crippen LogP contribution in [0, 0.1) is 5.82 Å². The molecule has 34 heavy (non-hydrogen) atoms. The summed E-state index contributed by atoms with van der Waals surface area (Å²) in [5.41, 5.74) is 6.67. The number of carbonyl (C=O) groups is 1. The Hall–Kier alpha value is -3.93. The van der Waals surface area contributed by atoms with E-state index in [1.54, 1.807) is 30.3 Å². The average molecular weight is 487 g/mol. The van der Waals surface area contributed by atoms with Gasteiger partial charge in [-0.05, 0) is 47.9 Å². The quantitative estimate of drug-likeness (QED) is 0.132. The Balaban J connectivity index is 1.87. The molecule has 8 nitrogen and oxygen atoms in total. The lowest BCUT2D eigenvalue weighted by atomic mass is 10.0. The van der Waals surface area contributed by atoms with Gasteiger partial charge in [-0.25, -0.2) is 13.0 Å². The smallest absolute Gasteiger partial charge is 0.284 e. The van der Waals surface area contributed by atoms with Gasteiger partial charge < -0.3 is 16.3 Å². The highest BCUT2D eigenvalue weighted by Crippen LogP contribution is 2.30. The summed E-state index contributed by atoms with van der Waals surface area (Å²) in [4.78, 5) is 12.7. The van der Waals surface area contributed by atoms with Gasteiger partial charge in [-0.1, -0.05) is 47.6 Å². The van der Waals surface area contributed by atoms with E-state index in [9.17, 15) is 17.8 Å². The third-order valence-electron chi connectivity index (χ3n) is 4.91. The summed E-state index contributed by atoms with van der Waals surface area (Å²) in [5.74, 6) is 1.70. The molecule has 6 N–H and O–H groups in total. The molecule has 0 heterocycles. The number of allylic oxidation sites excluding steroid dienone is 1. The van der Waals surface area contributed by atoms with Crippen molar-refractivity contribution in [2.75, 3.05) is 5.32 Å². The number of halogens is 2. The van der Waals surface area contributed by atoms with Crippen LogP contribution in [0.5, 0.6) is 0 Å². The molecule has 0 spiro atoms. The van der Waals surface area contributed by atoms with Gasteiger partial charge in [0.1, 0.15) is 5.82 Å². The number of nitrogens with one attached hydrogen (secondary N) is 1. The lowest BCUT2D eigenvalue weighted by Gasteiger charge is -2.11. The molecule has 176 valence electrons. The number of amides is 1. The van der Waals surface area contributed by atoms with E-state index in [-0.39, 0.29) is 22.0 Å². The van der Waals surface area contributed by atoms with Crippen LogP contribution in [0.3, 0.4) is 0 Å². The molecule has 3 aromatic rings. The minimum Gasteiger partial charge on any atom is -0.409 e. The highest BCUT2D eigenvalue weighted by atomic mass is 32.2. The Kier molecular flexibility index (Phi) is 7.84. The molecule has 3 rings (SSSR count). The van der Waals surface area contributed by atoms with Crippen molar-refractivity contribution in [3.8, 4) is 11.1 Å². The second-order valence-electron chi connectivity index (χ2n) is 6.98. The fourth-order valence-electron chi connectivity index (χ4n) is 3.13. The number of amidine groups is 1. The van der Waals surface area contributed by atoms with E-state index in [0.717, 1.165) is 6.07 Å². The monoisotopic (exact) mass is 486 g/mol. The maximum absolute atomic E-state index is 14.8. The minimum absolute atomic E-state index is 0.0275. The second-order valence-corrected chi connectivity index (χ2v) is 8.08. The van der Waals surface area contributed by atoms with Gasteiger partial charge in [-0.3, -0.25) is 4.79 Å². The van der Waals surface area contributed by atoms with Gasteiger partial charge in [-0.15, -0.1) is 0 Å². The maximum atomic E-state index is 14.8. The second kappa shape index (κ2) is 10.8. The van der Waals surface area contributed by atoms with Crippen LogP contribution in [0.15, 0.2) is 82.6 Å². The number of benzene rings is 3. The molecule has 0 saturated carbocycles. The third kappa shape index (κ3) is 5.34. The summed E-state index contributed by atoms with van der Waals surface area (Å²) < 4.78 is 45.9. The first kappa shape index (κ1) is 24.7. The van der Waals surface area contributed by atoms with Crippen molar-refractivity contribution in [1.82, 2.24) is 0 Å². The molecule has 1 amide bonds. The predicted octanol–water partition coefficient (Wildman–Crippen LogP) is 3.84. The van der Waals surface area contributed by atoms with Crippen LogP contribution in [0.1, 0.15) is 18.1 Å². The summed E-state index contributed by atoms with van der Waals surface area (Å²) in [6.07, 6.45) is 0. The van der Waals surface area contributed by atoms with E-state index in [1.807, 2.05) is 0 Å². The van der Waals surface area contributed by atoms with E-state index < -0.39 is 28.6 Å². The number of nitrogens with zero attached hydrogens (tertiary/aromatic N) is 1. The van der Waals surface area contributed by atoms with Gasteiger partial charge in [0.05, 0.1) is 10.6 Å². The number of oxime groups is 1. The van der Waals surface area contributed by atoms with E-state index in [2.05, 4.69) is 14.8 Å². The Bertz CT molecular complexity index is 1330. The number of hydrogen-bond donors (Lipinski definition) is 4. The van der Waals surface area contributed by atoms with E-state index in [4.69, 9.17) is 16.8 Å². The standard InChI is InChI=1S/C23H20F2N4O4S/c1-13(14-5-4-6-16(11-14)22(26)29-31)21(25)23(30)28-19-10-9-15(12-18(19)24)17-7-2-3-8-20(17)34(32)33-27/h2-12,31H,27H2,1H3,(H2,26,29)(H,28,30)/b21-13+. The van der Waals surface area contributed by atoms with Gasteiger partial charge in [0.15, 0.2) is 11.7 Å². The van der Waals surface area contributed by atoms with Crippen molar-refractivity contribution in [3.05, 3.63) is 89.5 Å². The molecule has 11 heteroatoms. The fourth-order valence-corrected chi connectivity index (χ4v) is 3.79. The molecule has 3 aromatic carbocycles. The number of anilines is 1. The van der Waals surface area contributed by atoms with E-state index >= 15 is 0 Å². The number of hydrogen-bond acceptors (Lipinski definition) is 6. The Labute approximate surface area is 196 Å². The minimum atomic E-state index is -1.96. The van der Waals surface area contributed by atoms with Gasteiger partial charge in [-0.2, -0.15) is 10.2 Å². The highest BCUT2D eigenvalue weighted by molar-refractivity contribution is 7.80. The van der Waals surface area contributed by atoms with Gasteiger partial charge in [0, 0.05) is 11.1 Å². The van der Waals surface area contributed by atoms with Crippen molar-refractivity contribution < 1.29 is 27.3 Å². The van der Waals surface area contributed by atoms with E-state index in [1.165, 1.54) is 37.3 Å². The first-order valence-corrected chi connectivity index (χ1v) is 10.8. The summed E-state index contributed by atoms with van der Waals surface area (Å²) in [6, 6.07) is 16.3. The SMILES string of the molecule is C/C(=C(\F)C(=O)Nc1ccc(-c2ccccc2S(=O)ON)cc1F)c1cccc(/C(N)=N/O)c1. The summed E-state index contributed by atoms with van der Waals surface area (Å²) >= 11 is -1.96. The van der Waals surface area contributed by atoms with Gasteiger partial charge in [0.25, 0.3) is 5.91 Å². The van der Waals surface area contributed by atoms with Crippen molar-refractivity contribution >= 4 is 34.1 Å². The Morgan fingerprint density at radius 1 is 1.09 bits per heavy atom. The fraction of sp³-hybridized carbons (Fsp3) is 0.0435. The number of rotatable bonds is 7. The molecule has 0 aliphatic heterocycles. The molecule has 0 aliphatic rings. The zero-order chi connectivity index (χ0) is 24.8. The van der Waals surface area contributed by atoms with Crippen molar-refractivity contribution in [3.63, 3.8) is 0 Å². The van der Waals surface area contributed by atoms with Crippen LogP contribution in [0.2, 0.25) is 0 Å². The molecule has 0 fully saturated rings. The average Bonchev–Trinajstić information content (AvgIpc) is 2.87. The van der Waals surface area contributed by atoms with Crippen LogP contribution in [0.25, 0.3) is 16.7 Å². The number of carbonyl (C=O) groups excluding carboxylic acids is 1. The Morgan fingerprint density at radius 2 is 1.79 bits per heavy atom. The zero-order valence-electron chi connectivity index (χ0n) is 17.8. The number of nitrogens with two attached hydrogens (primary N) is 2. The van der Waals surface area contributed by atoms with Gasteiger partial charge in [0.2, 0.25) is 11.1 Å². The normalized spacial score (nSPS) is 13.2. The molecule has 0 aliphatic carbocycles. The first-order valence-electron chi connectivity index (χ1n) is 9.70. The summed E-state index contributed by atoms with van der Waals surface area (Å²) in [6.45, 7) is 1.37. The largest absolute Gasteiger partial charge is 0.409 e. The molecule has 1 unspecified atom stereocenters. The molecule has 0 radical (unpaired) electrons. The Morgan fingerprint density at radius 3 is 2.47 bits per heavy atom. The molecule has 0 aromatic heterocycles. The summed E-state index contributed by atoms with van der Waals surface area (Å²) in [7, 11) is 0. The molecular weight excluding hydrogens is 466 g/mol. The lowest BCUT2D eigenvalue weighted by Crippen LogP contribution is -2.15. The summed E-state index contributed by atoms with van der Waals surface area (Å²) in [5, 5.41) is 13.9. The highest BCUT2D eigenvalue weighted by Gasteiger charge is 2.18. The van der Waals surface area contributed by atoms with Gasteiger partial charge >= 0.3 is 0 Å². The van der Waals surface area contributed by atoms with Crippen LogP contribution in [-0.2, 0) is 20.2 Å². The zero-order valence-corrected chi connectivity index (χ0v) is 18.6. The predicted molar refractivity (Wildman–Crippen MR) is 125 cm³/mol. The van der Waals surface area contributed by atoms with Crippen LogP contribution >= 0.6 is 0 Å². The van der Waals surface area contributed by atoms with E-state index in [0.29, 0.717) is 22.3 Å². The van der Waals surface area contributed by atoms with Crippen molar-refractivity contribution in [2.24, 2.45) is 16.8 Å². The van der Waals surface area contributed by atoms with Crippen molar-refractivity contribution in [2.45, 2.75) is 11.8 Å². The maximum Gasteiger partial charge on any atom is 0.284 e. The molecule has 0 saturated heterocycles. The molecule has 1 atom stereocenters.